The lowest BCUT2D eigenvalue weighted by molar-refractivity contribution is 0.208. The van der Waals surface area contributed by atoms with Crippen molar-refractivity contribution in [2.45, 2.75) is 21.0 Å². The number of fused-ring (bicyclic) bond motifs is 2. The van der Waals surface area contributed by atoms with Gasteiger partial charge in [0.05, 0.1) is 78.5 Å². The fraction of sp³-hybridized carbons (Fsp3) is 0.200. The topological polar surface area (TPSA) is 3.24 Å². The Kier molecular flexibility index (Phi) is 6.64. The number of benzene rings is 2. The number of hydrogen-bond acceptors (Lipinski definition) is 1. The van der Waals surface area contributed by atoms with Crippen LogP contribution in [-0.2, 0) is 0 Å². The van der Waals surface area contributed by atoms with Crippen molar-refractivity contribution in [3.63, 3.8) is 0 Å². The van der Waals surface area contributed by atoms with Crippen LogP contribution in [0.4, 0.5) is 0 Å². The standard InChI is InChI=1S/C20H10B11N/c21-16(17(22,23)18(24,25)32(19(26,27)28)20(29,30)31)15-13-7-3-1-5-11(13)9-10-12-6-2-4-8-14(12)15/h1-10H. The van der Waals surface area contributed by atoms with Crippen LogP contribution in [0.1, 0.15) is 22.3 Å². The van der Waals surface area contributed by atoms with E-state index in [9.17, 15) is 0 Å². The number of nitrogens with zero attached hydrogens (tertiary/aromatic N) is 1. The van der Waals surface area contributed by atoms with E-state index in [1.165, 1.54) is 0 Å². The Bertz CT molecular complexity index is 1010. The Balaban J connectivity index is 2.34. The van der Waals surface area contributed by atoms with E-state index in [2.05, 4.69) is 0 Å². The number of rotatable bonds is 5. The molecule has 0 N–H and O–H groups in total. The van der Waals surface area contributed by atoms with Gasteiger partial charge < -0.3 is 4.90 Å². The van der Waals surface area contributed by atoms with Crippen LogP contribution in [0.5, 0.6) is 0 Å². The third-order valence-corrected chi connectivity index (χ3v) is 5.42. The largest absolute Gasteiger partial charge is 0.353 e. The molecular weight excluding hydrogens is 373 g/mol. The first-order valence-electron chi connectivity index (χ1n) is 9.66. The summed E-state index contributed by atoms with van der Waals surface area (Å²) in [4.78, 5) is 0.604. The maximum Gasteiger partial charge on any atom is 0.107 e. The number of hydrogen-bond donors (Lipinski definition) is 0. The molecule has 0 saturated heterocycles. The second-order valence-corrected chi connectivity index (χ2v) is 8.10. The van der Waals surface area contributed by atoms with Gasteiger partial charge in [0.25, 0.3) is 0 Å². The molecule has 32 heavy (non-hydrogen) atoms. The SMILES string of the molecule is [B]C(=C1c2ccccc2C=Cc2ccccc21)C([B])([B])C([B])([B])N(C([B])([B])[B])C([B])([B])[B]. The van der Waals surface area contributed by atoms with Gasteiger partial charge in [-0.25, -0.2) is 0 Å². The third kappa shape index (κ3) is 4.37. The zero-order chi connectivity index (χ0) is 24.1. The van der Waals surface area contributed by atoms with Crippen molar-refractivity contribution in [3.8, 4) is 0 Å². The molecule has 0 heterocycles. The van der Waals surface area contributed by atoms with Gasteiger partial charge in [-0.1, -0.05) is 81.7 Å². The zero-order valence-corrected chi connectivity index (χ0v) is 17.6. The Morgan fingerprint density at radius 3 is 1.34 bits per heavy atom. The summed E-state index contributed by atoms with van der Waals surface area (Å²) in [6, 6.07) is 15.0. The summed E-state index contributed by atoms with van der Waals surface area (Å²) >= 11 is 0. The Morgan fingerprint density at radius 1 is 0.594 bits per heavy atom. The maximum atomic E-state index is 6.61. The average Bonchev–Trinajstić information content (AvgIpc) is 2.81. The van der Waals surface area contributed by atoms with Gasteiger partial charge >= 0.3 is 0 Å². The molecule has 1 aliphatic rings. The van der Waals surface area contributed by atoms with Gasteiger partial charge in [-0.05, 0) is 27.8 Å². The normalized spacial score (nSPS) is 14.5. The van der Waals surface area contributed by atoms with Crippen LogP contribution in [-0.4, -0.2) is 107 Å². The van der Waals surface area contributed by atoms with E-state index in [1.807, 2.05) is 60.7 Å². The molecule has 0 aromatic heterocycles. The summed E-state index contributed by atoms with van der Waals surface area (Å²) in [5, 5.41) is -9.27. The van der Waals surface area contributed by atoms with Gasteiger partial charge in [0.2, 0.25) is 0 Å². The highest BCUT2D eigenvalue weighted by atomic mass is 15.2. The van der Waals surface area contributed by atoms with Crippen LogP contribution >= 0.6 is 0 Å². The van der Waals surface area contributed by atoms with Crippen LogP contribution in [0.15, 0.2) is 54.0 Å². The highest BCUT2D eigenvalue weighted by Crippen LogP contribution is 2.47. The van der Waals surface area contributed by atoms with Crippen molar-refractivity contribution < 1.29 is 0 Å². The molecule has 3 rings (SSSR count). The molecule has 0 fully saturated rings. The molecular formula is C20H10B11N. The molecule has 0 spiro atoms. The Hall–Kier alpha value is -1.41. The molecule has 128 valence electrons. The molecule has 0 bridgehead atoms. The molecule has 0 unspecified atom stereocenters. The van der Waals surface area contributed by atoms with E-state index in [0.29, 0.717) is 10.5 Å². The minimum Gasteiger partial charge on any atom is -0.353 e. The van der Waals surface area contributed by atoms with Gasteiger partial charge in [0.1, 0.15) is 7.85 Å². The van der Waals surface area contributed by atoms with E-state index in [4.69, 9.17) is 86.3 Å². The molecule has 1 nitrogen and oxygen atoms in total. The van der Waals surface area contributed by atoms with Crippen molar-refractivity contribution in [1.29, 1.82) is 0 Å². The molecule has 0 atom stereocenters. The first kappa shape index (κ1) is 25.2. The van der Waals surface area contributed by atoms with E-state index < -0.39 is 21.0 Å². The van der Waals surface area contributed by atoms with Gasteiger partial charge in [-0.3, -0.25) is 0 Å². The summed E-state index contributed by atoms with van der Waals surface area (Å²) < 4.78 is 0. The fourth-order valence-electron chi connectivity index (χ4n) is 3.94. The molecule has 0 saturated carbocycles. The highest BCUT2D eigenvalue weighted by Gasteiger charge is 2.47. The third-order valence-electron chi connectivity index (χ3n) is 5.42. The molecule has 2 aromatic carbocycles. The minimum absolute atomic E-state index is 0.0930. The van der Waals surface area contributed by atoms with Gasteiger partial charge in [-0.2, -0.15) is 0 Å². The van der Waals surface area contributed by atoms with Crippen LogP contribution < -0.4 is 0 Å². The molecule has 0 amide bonds. The van der Waals surface area contributed by atoms with E-state index in [-0.39, 0.29) is 5.47 Å². The van der Waals surface area contributed by atoms with Crippen LogP contribution in [0.3, 0.4) is 0 Å². The highest BCUT2D eigenvalue weighted by molar-refractivity contribution is 6.66. The Morgan fingerprint density at radius 2 is 0.969 bits per heavy atom. The first-order chi connectivity index (χ1) is 14.6. The first-order valence-corrected chi connectivity index (χ1v) is 9.66. The second-order valence-electron chi connectivity index (χ2n) is 8.10. The average molecular weight is 383 g/mol. The molecule has 12 heteroatoms. The van der Waals surface area contributed by atoms with Gasteiger partial charge in [0.15, 0.2) is 0 Å². The van der Waals surface area contributed by atoms with Crippen LogP contribution in [0, 0.1) is 0 Å². The lowest BCUT2D eigenvalue weighted by Gasteiger charge is -2.65. The summed E-state index contributed by atoms with van der Waals surface area (Å²) in [7, 11) is 67.1. The lowest BCUT2D eigenvalue weighted by atomic mass is 9.25. The summed E-state index contributed by atoms with van der Waals surface area (Å²) in [6.45, 7) is 0. The predicted molar refractivity (Wildman–Crippen MR) is 144 cm³/mol. The van der Waals surface area contributed by atoms with Gasteiger partial charge in [0, 0.05) is 0 Å². The van der Waals surface area contributed by atoms with Crippen molar-refractivity contribution in [2.75, 3.05) is 0 Å². The predicted octanol–water partition coefficient (Wildman–Crippen LogP) is -0.922. The molecule has 22 radical (unpaired) electrons. The molecule has 0 aliphatic heterocycles. The summed E-state index contributed by atoms with van der Waals surface area (Å²) in [5.74, 6) is 0. The van der Waals surface area contributed by atoms with Crippen molar-refractivity contribution in [1.82, 2.24) is 4.90 Å². The van der Waals surface area contributed by atoms with Crippen molar-refractivity contribution >= 4 is 104 Å². The maximum absolute atomic E-state index is 6.61. The monoisotopic (exact) mass is 385 g/mol. The molecule has 2 aromatic rings. The minimum atomic E-state index is -2.41. The Labute approximate surface area is 205 Å². The summed E-state index contributed by atoms with van der Waals surface area (Å²) in [6.07, 6.45) is 3.89. The van der Waals surface area contributed by atoms with Crippen LogP contribution in [0.25, 0.3) is 17.7 Å². The molecule has 1 aliphatic carbocycles. The van der Waals surface area contributed by atoms with E-state index in [0.717, 1.165) is 22.3 Å². The fourth-order valence-corrected chi connectivity index (χ4v) is 3.94. The van der Waals surface area contributed by atoms with Crippen molar-refractivity contribution in [2.24, 2.45) is 0 Å². The van der Waals surface area contributed by atoms with Gasteiger partial charge in [-0.15, -0.1) is 5.47 Å². The van der Waals surface area contributed by atoms with Crippen LogP contribution in [0.2, 0.25) is 5.21 Å². The van der Waals surface area contributed by atoms with E-state index in [1.54, 1.807) is 0 Å². The quantitative estimate of drug-likeness (QED) is 0.516. The zero-order valence-electron chi connectivity index (χ0n) is 17.6. The van der Waals surface area contributed by atoms with Crippen molar-refractivity contribution in [3.05, 3.63) is 76.3 Å². The second kappa shape index (κ2) is 8.42. The van der Waals surface area contributed by atoms with E-state index >= 15 is 0 Å². The smallest absolute Gasteiger partial charge is 0.107 e. The summed E-state index contributed by atoms with van der Waals surface area (Å²) in [5.41, 5.74) is 3.63. The lowest BCUT2D eigenvalue weighted by Crippen LogP contribution is -2.76.